The molecular weight excluding hydrogens is 82.0 g/mol. The maximum Gasteiger partial charge on any atom is 0.00271 e. The lowest BCUT2D eigenvalue weighted by atomic mass is 10.9. The maximum absolute atomic E-state index is 9.37. The fourth-order valence-electron chi connectivity index (χ4n) is 0.118. The van der Waals surface area contributed by atoms with E-state index >= 15 is 0 Å². The van der Waals surface area contributed by atoms with Gasteiger partial charge in [-0.05, 0) is 6.20 Å². The summed E-state index contributed by atoms with van der Waals surface area (Å²) in [6, 6.07) is 0. The third kappa shape index (κ3) is 3.14. The lowest BCUT2D eigenvalue weighted by molar-refractivity contribution is -0.513. The number of hydrogen-bond acceptors (Lipinski definition) is 3. The summed E-state index contributed by atoms with van der Waals surface area (Å²) >= 11 is 0. The van der Waals surface area contributed by atoms with Crippen molar-refractivity contribution in [1.82, 2.24) is 5.32 Å². The van der Waals surface area contributed by atoms with Gasteiger partial charge in [0.25, 0.3) is 0 Å². The molecule has 0 aromatic heterocycles. The lowest BCUT2D eigenvalue weighted by Gasteiger charge is -2.14. The Morgan fingerprint density at radius 3 is 2.17 bits per heavy atom. The first kappa shape index (κ1) is 5.14. The highest BCUT2D eigenvalue weighted by Gasteiger charge is 1.46. The van der Waals surface area contributed by atoms with Crippen molar-refractivity contribution in [3.63, 3.8) is 0 Å². The Kier molecular flexibility index (Phi) is 2.04. The highest BCUT2D eigenvalue weighted by Crippen LogP contribution is 1.53. The predicted octanol–water partition coefficient (Wildman–Crippen LogP) is -2.27. The van der Waals surface area contributed by atoms with Crippen LogP contribution in [0.5, 0.6) is 0 Å². The van der Waals surface area contributed by atoms with Crippen LogP contribution >= 0.6 is 0 Å². The molecule has 36 valence electrons. The van der Waals surface area contributed by atoms with Crippen LogP contribution in [0.15, 0.2) is 12.1 Å². The minimum Gasteiger partial charge on any atom is -0.883 e. The molecule has 6 heavy (non-hydrogen) atoms. The topological polar surface area (TPSA) is 58.1 Å². The van der Waals surface area contributed by atoms with Gasteiger partial charge in [0.15, 0.2) is 0 Å². The van der Waals surface area contributed by atoms with Crippen molar-refractivity contribution in [2.24, 2.45) is 0 Å². The standard InChI is InChI=1S/C3H7NO2/c1-4-2-3(5)6/h2,4-6H,1H3/p-2. The van der Waals surface area contributed by atoms with E-state index in [-0.39, 0.29) is 0 Å². The van der Waals surface area contributed by atoms with Crippen molar-refractivity contribution in [1.29, 1.82) is 0 Å². The third-order valence-electron chi connectivity index (χ3n) is 0.262. The Bertz CT molecular complexity index is 55.8. The molecule has 0 aromatic carbocycles. The quantitative estimate of drug-likeness (QED) is 0.367. The van der Waals surface area contributed by atoms with Gasteiger partial charge < -0.3 is 15.5 Å². The van der Waals surface area contributed by atoms with E-state index in [9.17, 15) is 10.2 Å². The van der Waals surface area contributed by atoms with Gasteiger partial charge in [-0.2, -0.15) is 5.95 Å². The van der Waals surface area contributed by atoms with Crippen molar-refractivity contribution < 1.29 is 10.2 Å². The van der Waals surface area contributed by atoms with Gasteiger partial charge in [-0.15, -0.1) is 0 Å². The lowest BCUT2D eigenvalue weighted by Crippen LogP contribution is -2.20. The Hall–Kier alpha value is -0.860. The Labute approximate surface area is 35.9 Å². The first-order valence-electron chi connectivity index (χ1n) is 1.49. The van der Waals surface area contributed by atoms with E-state index < -0.39 is 5.95 Å². The molecule has 3 heteroatoms. The van der Waals surface area contributed by atoms with E-state index in [2.05, 4.69) is 5.32 Å². The van der Waals surface area contributed by atoms with Gasteiger partial charge in [-0.3, -0.25) is 0 Å². The zero-order chi connectivity index (χ0) is 4.99. The number of nitrogens with one attached hydrogen (secondary N) is 1. The van der Waals surface area contributed by atoms with E-state index in [1.54, 1.807) is 0 Å². The molecule has 0 aliphatic heterocycles. The number of rotatable bonds is 1. The average molecular weight is 87.1 g/mol. The van der Waals surface area contributed by atoms with Crippen LogP contribution in [-0.2, 0) is 0 Å². The van der Waals surface area contributed by atoms with Gasteiger partial charge in [0.05, 0.1) is 0 Å². The fourth-order valence-corrected chi connectivity index (χ4v) is 0.118. The summed E-state index contributed by atoms with van der Waals surface area (Å²) in [5, 5.41) is 21.0. The largest absolute Gasteiger partial charge is 0.883 e. The molecule has 0 saturated carbocycles. The second-order valence-corrected chi connectivity index (χ2v) is 0.752. The van der Waals surface area contributed by atoms with Crippen LogP contribution in [0.4, 0.5) is 0 Å². The van der Waals surface area contributed by atoms with Gasteiger partial charge in [0.2, 0.25) is 0 Å². The molecule has 0 aromatic rings. The molecule has 0 aliphatic carbocycles. The second kappa shape index (κ2) is 2.38. The van der Waals surface area contributed by atoms with E-state index in [1.165, 1.54) is 7.05 Å². The van der Waals surface area contributed by atoms with Crippen LogP contribution in [0.1, 0.15) is 0 Å². The molecule has 0 fully saturated rings. The van der Waals surface area contributed by atoms with Crippen molar-refractivity contribution in [3.05, 3.63) is 12.1 Å². The molecule has 0 unspecified atom stereocenters. The summed E-state index contributed by atoms with van der Waals surface area (Å²) in [4.78, 5) is 0. The summed E-state index contributed by atoms with van der Waals surface area (Å²) in [7, 11) is 1.50. The fraction of sp³-hybridized carbons (Fsp3) is 0.333. The van der Waals surface area contributed by atoms with Crippen LogP contribution in [0.3, 0.4) is 0 Å². The minimum atomic E-state index is -1.20. The number of hydrogen-bond donors (Lipinski definition) is 1. The average Bonchev–Trinajstić information content (AvgIpc) is 1.35. The Morgan fingerprint density at radius 1 is 1.67 bits per heavy atom. The predicted molar refractivity (Wildman–Crippen MR) is 17.1 cm³/mol. The molecule has 0 saturated heterocycles. The van der Waals surface area contributed by atoms with Gasteiger partial charge in [0, 0.05) is 7.05 Å². The molecular formula is C3H5NO2-2. The van der Waals surface area contributed by atoms with E-state index in [0.29, 0.717) is 0 Å². The monoisotopic (exact) mass is 87.0 g/mol. The molecule has 1 N–H and O–H groups in total. The van der Waals surface area contributed by atoms with Gasteiger partial charge in [0.1, 0.15) is 0 Å². The minimum absolute atomic E-state index is 0.847. The zero-order valence-corrected chi connectivity index (χ0v) is 3.39. The molecule has 0 heterocycles. The second-order valence-electron chi connectivity index (χ2n) is 0.752. The van der Waals surface area contributed by atoms with Crippen LogP contribution in [-0.4, -0.2) is 7.05 Å². The van der Waals surface area contributed by atoms with Crippen molar-refractivity contribution in [2.75, 3.05) is 7.05 Å². The van der Waals surface area contributed by atoms with E-state index in [4.69, 9.17) is 0 Å². The van der Waals surface area contributed by atoms with Crippen LogP contribution in [0.2, 0.25) is 0 Å². The third-order valence-corrected chi connectivity index (χ3v) is 0.262. The summed E-state index contributed by atoms with van der Waals surface area (Å²) in [6.07, 6.45) is 0.847. The molecule has 3 nitrogen and oxygen atoms in total. The van der Waals surface area contributed by atoms with Crippen molar-refractivity contribution >= 4 is 0 Å². The van der Waals surface area contributed by atoms with Crippen LogP contribution < -0.4 is 15.5 Å². The summed E-state index contributed by atoms with van der Waals surface area (Å²) in [5.41, 5.74) is 0. The molecule has 0 spiro atoms. The zero-order valence-electron chi connectivity index (χ0n) is 3.39. The highest BCUT2D eigenvalue weighted by atomic mass is 16.5. The first-order valence-corrected chi connectivity index (χ1v) is 1.49. The first-order chi connectivity index (χ1) is 2.77. The maximum atomic E-state index is 9.37. The van der Waals surface area contributed by atoms with Gasteiger partial charge >= 0.3 is 0 Å². The molecule has 0 aliphatic rings. The molecule has 0 rings (SSSR count). The smallest absolute Gasteiger partial charge is 0.00271 e. The Morgan fingerprint density at radius 2 is 2.17 bits per heavy atom. The molecule has 0 bridgehead atoms. The summed E-state index contributed by atoms with van der Waals surface area (Å²) < 4.78 is 0. The van der Waals surface area contributed by atoms with Gasteiger partial charge in [-0.1, -0.05) is 0 Å². The van der Waals surface area contributed by atoms with Crippen molar-refractivity contribution in [2.45, 2.75) is 0 Å². The van der Waals surface area contributed by atoms with E-state index in [1.807, 2.05) is 0 Å². The SMILES string of the molecule is CNC=C([O-])[O-]. The summed E-state index contributed by atoms with van der Waals surface area (Å²) in [5.74, 6) is -1.20. The summed E-state index contributed by atoms with van der Waals surface area (Å²) in [6.45, 7) is 0. The van der Waals surface area contributed by atoms with Crippen molar-refractivity contribution in [3.8, 4) is 0 Å². The van der Waals surface area contributed by atoms with Crippen LogP contribution in [0, 0.1) is 0 Å². The molecule has 0 radical (unpaired) electrons. The van der Waals surface area contributed by atoms with Gasteiger partial charge in [-0.25, -0.2) is 0 Å². The Balaban J connectivity index is 3.14. The highest BCUT2D eigenvalue weighted by molar-refractivity contribution is 4.69. The molecule has 0 atom stereocenters. The molecule has 0 amide bonds. The normalized spacial score (nSPS) is 6.83. The van der Waals surface area contributed by atoms with Crippen LogP contribution in [0.25, 0.3) is 0 Å². The van der Waals surface area contributed by atoms with E-state index in [0.717, 1.165) is 6.20 Å².